The lowest BCUT2D eigenvalue weighted by Crippen LogP contribution is -2.05. The highest BCUT2D eigenvalue weighted by atomic mass is 16.5. The Balaban J connectivity index is 1.62. The van der Waals surface area contributed by atoms with Crippen molar-refractivity contribution in [1.82, 2.24) is 10.1 Å². The van der Waals surface area contributed by atoms with E-state index in [2.05, 4.69) is 10.1 Å². The Hall–Kier alpha value is -3.15. The Morgan fingerprint density at radius 1 is 1.17 bits per heavy atom. The molecule has 0 aliphatic carbocycles. The van der Waals surface area contributed by atoms with Gasteiger partial charge in [-0.1, -0.05) is 35.5 Å². The summed E-state index contributed by atoms with van der Waals surface area (Å²) in [4.78, 5) is 15.9. The molecule has 0 saturated heterocycles. The fourth-order valence-corrected chi connectivity index (χ4v) is 1.97. The molecular weight excluding hydrogens is 296 g/mol. The summed E-state index contributed by atoms with van der Waals surface area (Å²) < 4.78 is 15.3. The third kappa shape index (κ3) is 3.55. The smallest absolute Gasteiger partial charge is 0.340 e. The molecule has 0 atom stereocenters. The lowest BCUT2D eigenvalue weighted by molar-refractivity contribution is 0.0437. The van der Waals surface area contributed by atoms with E-state index >= 15 is 0 Å². The van der Waals surface area contributed by atoms with Gasteiger partial charge in [0.1, 0.15) is 5.69 Å². The topological polar surface area (TPSA) is 74.5 Å². The summed E-state index contributed by atoms with van der Waals surface area (Å²) in [5, 5.41) is 3.96. The van der Waals surface area contributed by atoms with Gasteiger partial charge in [0, 0.05) is 23.9 Å². The number of carbonyl (C=O) groups is 1. The van der Waals surface area contributed by atoms with Gasteiger partial charge in [0.05, 0.1) is 12.7 Å². The van der Waals surface area contributed by atoms with Crippen LogP contribution in [0, 0.1) is 0 Å². The molecule has 23 heavy (non-hydrogen) atoms. The third-order valence-electron chi connectivity index (χ3n) is 3.16. The summed E-state index contributed by atoms with van der Waals surface area (Å²) >= 11 is 0. The zero-order chi connectivity index (χ0) is 16.1. The summed E-state index contributed by atoms with van der Waals surface area (Å²) in [6.45, 7) is 0.00466. The van der Waals surface area contributed by atoms with Crippen molar-refractivity contribution in [2.75, 3.05) is 7.11 Å². The largest absolute Gasteiger partial charge is 0.481 e. The summed E-state index contributed by atoms with van der Waals surface area (Å²) in [7, 11) is 1.51. The number of carbonyl (C=O) groups excluding carboxylic acids is 1. The summed E-state index contributed by atoms with van der Waals surface area (Å²) in [6.07, 6.45) is 1.40. The molecule has 0 aliphatic heterocycles. The van der Waals surface area contributed by atoms with E-state index in [1.165, 1.54) is 13.3 Å². The predicted octanol–water partition coefficient (Wildman–Crippen LogP) is 3.10. The van der Waals surface area contributed by atoms with Gasteiger partial charge >= 0.3 is 5.97 Å². The van der Waals surface area contributed by atoms with Crippen molar-refractivity contribution in [3.8, 4) is 17.1 Å². The molecule has 6 nitrogen and oxygen atoms in total. The average molecular weight is 310 g/mol. The van der Waals surface area contributed by atoms with Crippen molar-refractivity contribution >= 4 is 5.97 Å². The summed E-state index contributed by atoms with van der Waals surface area (Å²) in [6, 6.07) is 14.5. The Labute approximate surface area is 132 Å². The number of ether oxygens (including phenoxy) is 2. The number of benzene rings is 1. The van der Waals surface area contributed by atoms with Gasteiger partial charge in [-0.15, -0.1) is 0 Å². The maximum absolute atomic E-state index is 11.9. The molecule has 2 aromatic heterocycles. The summed E-state index contributed by atoms with van der Waals surface area (Å²) in [5.74, 6) is 0.417. The van der Waals surface area contributed by atoms with Crippen LogP contribution in [0.3, 0.4) is 0 Å². The predicted molar refractivity (Wildman–Crippen MR) is 81.8 cm³/mol. The number of methoxy groups -OCH3 is 1. The van der Waals surface area contributed by atoms with Crippen molar-refractivity contribution in [2.45, 2.75) is 6.61 Å². The van der Waals surface area contributed by atoms with Crippen LogP contribution in [0.25, 0.3) is 11.3 Å². The molecule has 3 aromatic rings. The third-order valence-corrected chi connectivity index (χ3v) is 3.16. The van der Waals surface area contributed by atoms with Crippen LogP contribution in [-0.2, 0) is 11.3 Å². The van der Waals surface area contributed by atoms with E-state index in [1.54, 1.807) is 18.2 Å². The van der Waals surface area contributed by atoms with Crippen LogP contribution in [0.15, 0.2) is 59.3 Å². The molecule has 0 spiro atoms. The molecule has 0 bridgehead atoms. The minimum atomic E-state index is -0.488. The number of esters is 1. The molecule has 0 radical (unpaired) electrons. The van der Waals surface area contributed by atoms with Crippen molar-refractivity contribution in [1.29, 1.82) is 0 Å². The number of nitrogens with zero attached hydrogens (tertiary/aromatic N) is 2. The molecule has 6 heteroatoms. The Bertz CT molecular complexity index is 782. The van der Waals surface area contributed by atoms with Gasteiger partial charge < -0.3 is 14.0 Å². The molecule has 2 heterocycles. The van der Waals surface area contributed by atoms with Gasteiger partial charge in [-0.05, 0) is 6.07 Å². The van der Waals surface area contributed by atoms with Crippen LogP contribution in [-0.4, -0.2) is 23.2 Å². The second-order valence-electron chi connectivity index (χ2n) is 4.71. The first kappa shape index (κ1) is 14.8. The van der Waals surface area contributed by atoms with E-state index in [4.69, 9.17) is 14.0 Å². The van der Waals surface area contributed by atoms with Crippen LogP contribution >= 0.6 is 0 Å². The summed E-state index contributed by atoms with van der Waals surface area (Å²) in [5.41, 5.74) is 1.98. The average Bonchev–Trinajstić information content (AvgIpc) is 3.09. The first-order chi connectivity index (χ1) is 11.3. The molecule has 0 saturated carbocycles. The molecule has 3 rings (SSSR count). The number of hydrogen-bond donors (Lipinski definition) is 0. The zero-order valence-electron chi connectivity index (χ0n) is 12.4. The quantitative estimate of drug-likeness (QED) is 0.674. The highest BCUT2D eigenvalue weighted by molar-refractivity contribution is 5.89. The van der Waals surface area contributed by atoms with Crippen LogP contribution in [0.1, 0.15) is 16.1 Å². The van der Waals surface area contributed by atoms with Gasteiger partial charge in [-0.25, -0.2) is 9.78 Å². The van der Waals surface area contributed by atoms with Crippen molar-refractivity contribution in [3.05, 3.63) is 66.1 Å². The van der Waals surface area contributed by atoms with Gasteiger partial charge in [-0.2, -0.15) is 0 Å². The molecule has 0 N–H and O–H groups in total. The molecule has 1 aromatic carbocycles. The van der Waals surface area contributed by atoms with Crippen molar-refractivity contribution < 1.29 is 18.8 Å². The molecular formula is C17H14N2O4. The van der Waals surface area contributed by atoms with Crippen molar-refractivity contribution in [2.24, 2.45) is 0 Å². The van der Waals surface area contributed by atoms with Crippen LogP contribution in [0.2, 0.25) is 0 Å². The highest BCUT2D eigenvalue weighted by Crippen LogP contribution is 2.19. The van der Waals surface area contributed by atoms with Crippen LogP contribution in [0.5, 0.6) is 5.88 Å². The van der Waals surface area contributed by atoms with Crippen LogP contribution in [0.4, 0.5) is 0 Å². The van der Waals surface area contributed by atoms with Gasteiger partial charge in [-0.3, -0.25) is 0 Å². The normalized spacial score (nSPS) is 10.3. The monoisotopic (exact) mass is 310 g/mol. The number of hydrogen-bond acceptors (Lipinski definition) is 6. The minimum absolute atomic E-state index is 0.00466. The molecule has 0 unspecified atom stereocenters. The standard InChI is InChI=1S/C17H14N2O4/c1-21-16-8-7-13(10-18-16)17(20)22-11-14-9-15(19-23-14)12-5-3-2-4-6-12/h2-10H,11H2,1H3. The SMILES string of the molecule is COc1ccc(C(=O)OCc2cc(-c3ccccc3)no2)cn1. The fraction of sp³-hybridized carbons (Fsp3) is 0.118. The van der Waals surface area contributed by atoms with Gasteiger partial charge in [0.25, 0.3) is 0 Å². The highest BCUT2D eigenvalue weighted by Gasteiger charge is 2.11. The molecule has 0 aliphatic rings. The Morgan fingerprint density at radius 3 is 2.70 bits per heavy atom. The van der Waals surface area contributed by atoms with E-state index in [-0.39, 0.29) is 6.61 Å². The first-order valence-corrected chi connectivity index (χ1v) is 6.94. The lowest BCUT2D eigenvalue weighted by atomic mass is 10.1. The number of aromatic nitrogens is 2. The second kappa shape index (κ2) is 6.74. The number of pyridine rings is 1. The molecule has 116 valence electrons. The lowest BCUT2D eigenvalue weighted by Gasteiger charge is -2.03. The molecule has 0 fully saturated rings. The maximum atomic E-state index is 11.9. The molecule has 0 amide bonds. The van der Waals surface area contributed by atoms with E-state index in [9.17, 15) is 4.79 Å². The van der Waals surface area contributed by atoms with E-state index in [0.29, 0.717) is 22.9 Å². The Morgan fingerprint density at radius 2 is 2.00 bits per heavy atom. The zero-order valence-corrected chi connectivity index (χ0v) is 12.4. The van der Waals surface area contributed by atoms with Crippen LogP contribution < -0.4 is 4.74 Å². The Kier molecular flexibility index (Phi) is 4.33. The van der Waals surface area contributed by atoms with Crippen molar-refractivity contribution in [3.63, 3.8) is 0 Å². The maximum Gasteiger partial charge on any atom is 0.340 e. The first-order valence-electron chi connectivity index (χ1n) is 6.94. The fourth-order valence-electron chi connectivity index (χ4n) is 1.97. The van der Waals surface area contributed by atoms with E-state index < -0.39 is 5.97 Å². The van der Waals surface area contributed by atoms with E-state index in [1.807, 2.05) is 30.3 Å². The van der Waals surface area contributed by atoms with E-state index in [0.717, 1.165) is 5.56 Å². The van der Waals surface area contributed by atoms with Gasteiger partial charge in [0.15, 0.2) is 12.4 Å². The second-order valence-corrected chi connectivity index (χ2v) is 4.71. The minimum Gasteiger partial charge on any atom is -0.481 e. The van der Waals surface area contributed by atoms with Gasteiger partial charge in [0.2, 0.25) is 5.88 Å². The number of rotatable bonds is 5.